The first kappa shape index (κ1) is 22.3. The van der Waals surface area contributed by atoms with E-state index in [1.165, 1.54) is 7.11 Å². The van der Waals surface area contributed by atoms with Gasteiger partial charge in [-0.3, -0.25) is 4.79 Å². The van der Waals surface area contributed by atoms with Crippen LogP contribution >= 0.6 is 0 Å². The second-order valence-corrected chi connectivity index (χ2v) is 6.23. The molecule has 1 unspecified atom stereocenters. The molecule has 0 spiro atoms. The highest BCUT2D eigenvalue weighted by Gasteiger charge is 2.56. The molecule has 0 saturated heterocycles. The highest BCUT2D eigenvalue weighted by Crippen LogP contribution is 2.39. The highest BCUT2D eigenvalue weighted by molar-refractivity contribution is 5.68. The number of carbonyl (C=O) groups excluding carboxylic acids is 1. The van der Waals surface area contributed by atoms with E-state index in [9.17, 15) is 26.7 Å². The van der Waals surface area contributed by atoms with Crippen molar-refractivity contribution >= 4 is 5.97 Å². The van der Waals surface area contributed by atoms with Crippen molar-refractivity contribution in [3.63, 3.8) is 0 Å². The quantitative estimate of drug-likeness (QED) is 0.355. The zero-order valence-electron chi connectivity index (χ0n) is 14.6. The van der Waals surface area contributed by atoms with Gasteiger partial charge in [0.2, 0.25) is 0 Å². The molecular formula is C18H24F5NO2. The average molecular weight is 381 g/mol. The number of nitrogens with two attached hydrogens (primary N) is 1. The largest absolute Gasteiger partial charge is 0.469 e. The Labute approximate surface area is 149 Å². The van der Waals surface area contributed by atoms with Crippen LogP contribution in [0.1, 0.15) is 55.7 Å². The van der Waals surface area contributed by atoms with Gasteiger partial charge in [-0.2, -0.15) is 22.0 Å². The van der Waals surface area contributed by atoms with E-state index in [0.29, 0.717) is 18.4 Å². The molecule has 0 aliphatic rings. The summed E-state index contributed by atoms with van der Waals surface area (Å²) in [4.78, 5) is 11.0. The summed E-state index contributed by atoms with van der Waals surface area (Å²) in [6.07, 6.45) is -4.40. The molecule has 1 aromatic carbocycles. The Morgan fingerprint density at radius 2 is 1.69 bits per heavy atom. The van der Waals surface area contributed by atoms with Crippen molar-refractivity contribution in [3.05, 3.63) is 35.4 Å². The molecule has 0 aliphatic heterocycles. The van der Waals surface area contributed by atoms with Crippen LogP contribution in [-0.2, 0) is 16.0 Å². The molecule has 26 heavy (non-hydrogen) atoms. The zero-order valence-corrected chi connectivity index (χ0v) is 14.6. The molecule has 0 amide bonds. The fraction of sp³-hybridized carbons (Fsp3) is 0.611. The third-order valence-electron chi connectivity index (χ3n) is 4.15. The van der Waals surface area contributed by atoms with Crippen molar-refractivity contribution in [2.45, 2.75) is 63.1 Å². The van der Waals surface area contributed by atoms with Crippen LogP contribution in [0.5, 0.6) is 0 Å². The van der Waals surface area contributed by atoms with Crippen LogP contribution in [0.4, 0.5) is 22.0 Å². The minimum Gasteiger partial charge on any atom is -0.469 e. The van der Waals surface area contributed by atoms with Crippen LogP contribution < -0.4 is 5.73 Å². The molecule has 0 heterocycles. The number of esters is 1. The standard InChI is InChI=1S/C18H24F5NO2/c1-26-16(25)7-3-2-5-13-8-10-14(11-9-13)15(24)6-4-12-17(19,20)18(21,22)23/h8-11,15H,2-7,12,24H2,1H3. The molecule has 0 aromatic heterocycles. The summed E-state index contributed by atoms with van der Waals surface area (Å²) in [5.74, 6) is -4.93. The van der Waals surface area contributed by atoms with Crippen LogP contribution in [0.3, 0.4) is 0 Å². The van der Waals surface area contributed by atoms with E-state index in [-0.39, 0.29) is 18.8 Å². The lowest BCUT2D eigenvalue weighted by Crippen LogP contribution is -2.36. The van der Waals surface area contributed by atoms with Crippen LogP contribution in [0.25, 0.3) is 0 Å². The van der Waals surface area contributed by atoms with Crippen molar-refractivity contribution in [3.8, 4) is 0 Å². The molecule has 0 aliphatic carbocycles. The highest BCUT2D eigenvalue weighted by atomic mass is 19.4. The Hall–Kier alpha value is -1.70. The molecule has 8 heteroatoms. The summed E-state index contributed by atoms with van der Waals surface area (Å²) in [5, 5.41) is 0. The lowest BCUT2D eigenvalue weighted by atomic mass is 9.98. The number of ether oxygens (including phenoxy) is 1. The Bertz CT molecular complexity index is 558. The zero-order chi connectivity index (χ0) is 19.8. The summed E-state index contributed by atoms with van der Waals surface area (Å²) in [5.41, 5.74) is 7.61. The lowest BCUT2D eigenvalue weighted by Gasteiger charge is -2.20. The number of hydrogen-bond donors (Lipinski definition) is 1. The normalized spacial score (nSPS) is 13.5. The second kappa shape index (κ2) is 9.85. The second-order valence-electron chi connectivity index (χ2n) is 6.23. The van der Waals surface area contributed by atoms with Gasteiger partial charge in [-0.25, -0.2) is 0 Å². The molecular weight excluding hydrogens is 357 g/mol. The number of alkyl halides is 5. The monoisotopic (exact) mass is 381 g/mol. The van der Waals surface area contributed by atoms with Crippen molar-refractivity contribution in [2.24, 2.45) is 5.73 Å². The van der Waals surface area contributed by atoms with Gasteiger partial charge in [-0.1, -0.05) is 24.3 Å². The molecule has 0 radical (unpaired) electrons. The van der Waals surface area contributed by atoms with E-state index in [4.69, 9.17) is 5.73 Å². The molecule has 148 valence electrons. The molecule has 0 fully saturated rings. The molecule has 0 bridgehead atoms. The number of methoxy groups -OCH3 is 1. The first-order valence-corrected chi connectivity index (χ1v) is 8.42. The fourth-order valence-electron chi connectivity index (χ4n) is 2.48. The average Bonchev–Trinajstić information content (AvgIpc) is 2.57. The maximum atomic E-state index is 12.9. The summed E-state index contributed by atoms with van der Waals surface area (Å²) >= 11 is 0. The first-order valence-electron chi connectivity index (χ1n) is 8.42. The summed E-state index contributed by atoms with van der Waals surface area (Å²) < 4.78 is 66.6. The smallest absolute Gasteiger partial charge is 0.453 e. The number of hydrogen-bond acceptors (Lipinski definition) is 3. The van der Waals surface area contributed by atoms with Gasteiger partial charge >= 0.3 is 18.1 Å². The molecule has 0 saturated carbocycles. The van der Waals surface area contributed by atoms with Crippen molar-refractivity contribution in [2.75, 3.05) is 7.11 Å². The van der Waals surface area contributed by atoms with E-state index in [2.05, 4.69) is 4.74 Å². The number of aryl methyl sites for hydroxylation is 1. The number of benzene rings is 1. The maximum Gasteiger partial charge on any atom is 0.453 e. The number of unbranched alkanes of at least 4 members (excludes halogenated alkanes) is 1. The predicted octanol–water partition coefficient (Wildman–Crippen LogP) is 4.94. The molecule has 1 rings (SSSR count). The van der Waals surface area contributed by atoms with Crippen LogP contribution in [0.15, 0.2) is 24.3 Å². The third-order valence-corrected chi connectivity index (χ3v) is 4.15. The van der Waals surface area contributed by atoms with Crippen LogP contribution in [0.2, 0.25) is 0 Å². The van der Waals surface area contributed by atoms with Crippen molar-refractivity contribution in [1.29, 1.82) is 0 Å². The van der Waals surface area contributed by atoms with Gasteiger partial charge in [0.15, 0.2) is 0 Å². The Morgan fingerprint density at radius 3 is 2.23 bits per heavy atom. The molecule has 1 aromatic rings. The fourth-order valence-corrected chi connectivity index (χ4v) is 2.48. The molecule has 1 atom stereocenters. The minimum absolute atomic E-state index is 0.0458. The Balaban J connectivity index is 2.39. The van der Waals surface area contributed by atoms with E-state index in [1.807, 2.05) is 12.1 Å². The van der Waals surface area contributed by atoms with Crippen LogP contribution in [-0.4, -0.2) is 25.2 Å². The minimum atomic E-state index is -5.52. The van der Waals surface area contributed by atoms with Crippen molar-refractivity contribution in [1.82, 2.24) is 0 Å². The first-order chi connectivity index (χ1) is 12.1. The van der Waals surface area contributed by atoms with Crippen LogP contribution in [0, 0.1) is 0 Å². The van der Waals surface area contributed by atoms with Gasteiger partial charge in [0.1, 0.15) is 0 Å². The third kappa shape index (κ3) is 7.27. The van der Waals surface area contributed by atoms with Gasteiger partial charge < -0.3 is 10.5 Å². The topological polar surface area (TPSA) is 52.3 Å². The van der Waals surface area contributed by atoms with Gasteiger partial charge in [0.05, 0.1) is 7.11 Å². The Kier molecular flexibility index (Phi) is 8.46. The van der Waals surface area contributed by atoms with E-state index >= 15 is 0 Å². The number of halogens is 5. The summed E-state index contributed by atoms with van der Waals surface area (Å²) in [6, 6.07) is 6.60. The summed E-state index contributed by atoms with van der Waals surface area (Å²) in [6.45, 7) is 0. The SMILES string of the molecule is COC(=O)CCCCc1ccc(C(N)CCCC(F)(F)C(F)(F)F)cc1. The maximum absolute atomic E-state index is 12.9. The van der Waals surface area contributed by atoms with E-state index < -0.39 is 24.6 Å². The lowest BCUT2D eigenvalue weighted by molar-refractivity contribution is -0.284. The summed E-state index contributed by atoms with van der Waals surface area (Å²) in [7, 11) is 1.34. The number of carbonyl (C=O) groups is 1. The molecule has 3 nitrogen and oxygen atoms in total. The van der Waals surface area contributed by atoms with E-state index in [1.54, 1.807) is 12.1 Å². The number of rotatable bonds is 10. The molecule has 2 N–H and O–H groups in total. The van der Waals surface area contributed by atoms with Gasteiger partial charge in [0.25, 0.3) is 0 Å². The van der Waals surface area contributed by atoms with Gasteiger partial charge in [-0.05, 0) is 43.2 Å². The van der Waals surface area contributed by atoms with Gasteiger partial charge in [-0.15, -0.1) is 0 Å². The Morgan fingerprint density at radius 1 is 1.08 bits per heavy atom. The van der Waals surface area contributed by atoms with E-state index in [0.717, 1.165) is 18.4 Å². The predicted molar refractivity (Wildman–Crippen MR) is 87.8 cm³/mol. The van der Waals surface area contributed by atoms with Gasteiger partial charge in [0, 0.05) is 18.9 Å². The van der Waals surface area contributed by atoms with Crippen molar-refractivity contribution < 1.29 is 31.5 Å².